The average molecular weight is 398 g/mol. The quantitative estimate of drug-likeness (QED) is 0.778. The van der Waals surface area contributed by atoms with E-state index in [2.05, 4.69) is 5.32 Å². The van der Waals surface area contributed by atoms with Gasteiger partial charge in [-0.1, -0.05) is 13.0 Å². The Bertz CT molecular complexity index is 948. The van der Waals surface area contributed by atoms with Crippen LogP contribution in [0.25, 0.3) is 0 Å². The van der Waals surface area contributed by atoms with Gasteiger partial charge in [-0.3, -0.25) is 4.79 Å². The summed E-state index contributed by atoms with van der Waals surface area (Å²) >= 11 is 0. The number of hydrogen-bond acceptors (Lipinski definition) is 4. The molecule has 0 saturated heterocycles. The van der Waals surface area contributed by atoms with Crippen molar-refractivity contribution >= 4 is 21.6 Å². The Morgan fingerprint density at radius 1 is 1.19 bits per heavy atom. The molecule has 0 aromatic heterocycles. The average Bonchev–Trinajstić information content (AvgIpc) is 2.61. The van der Waals surface area contributed by atoms with Crippen molar-refractivity contribution in [2.24, 2.45) is 0 Å². The first-order chi connectivity index (χ1) is 12.7. The number of aryl methyl sites for hydroxylation is 1. The summed E-state index contributed by atoms with van der Waals surface area (Å²) in [4.78, 5) is 12.1. The van der Waals surface area contributed by atoms with Crippen molar-refractivity contribution in [1.29, 1.82) is 0 Å². The molecule has 1 N–H and O–H groups in total. The van der Waals surface area contributed by atoms with E-state index < -0.39 is 34.1 Å². The van der Waals surface area contributed by atoms with Gasteiger partial charge in [0.15, 0.2) is 0 Å². The van der Waals surface area contributed by atoms with Gasteiger partial charge in [0.05, 0.1) is 19.3 Å². The maximum Gasteiger partial charge on any atom is 0.247 e. The molecule has 0 saturated carbocycles. The number of benzene rings is 2. The highest BCUT2D eigenvalue weighted by molar-refractivity contribution is 7.89. The number of methoxy groups -OCH3 is 1. The van der Waals surface area contributed by atoms with Crippen LogP contribution < -0.4 is 10.1 Å². The van der Waals surface area contributed by atoms with E-state index in [1.165, 1.54) is 19.2 Å². The molecule has 2 aromatic carbocycles. The number of hydrogen-bond donors (Lipinski definition) is 1. The Morgan fingerprint density at radius 3 is 2.48 bits per heavy atom. The SMILES string of the molecule is CCN(CC(=O)Nc1ccc(F)cc1F)S(=O)(=O)c1cc(C)ccc1OC. The predicted molar refractivity (Wildman–Crippen MR) is 97.2 cm³/mol. The normalized spacial score (nSPS) is 11.5. The first kappa shape index (κ1) is 20.8. The number of anilines is 1. The van der Waals surface area contributed by atoms with Crippen molar-refractivity contribution in [2.45, 2.75) is 18.7 Å². The molecule has 1 amide bonds. The van der Waals surface area contributed by atoms with Crippen LogP contribution in [0.1, 0.15) is 12.5 Å². The van der Waals surface area contributed by atoms with Crippen molar-refractivity contribution in [3.8, 4) is 5.75 Å². The summed E-state index contributed by atoms with van der Waals surface area (Å²) in [6.07, 6.45) is 0. The fourth-order valence-electron chi connectivity index (χ4n) is 2.43. The Hall–Kier alpha value is -2.52. The first-order valence-electron chi connectivity index (χ1n) is 8.08. The number of nitrogens with one attached hydrogen (secondary N) is 1. The molecular weight excluding hydrogens is 378 g/mol. The third-order valence-corrected chi connectivity index (χ3v) is 5.76. The van der Waals surface area contributed by atoms with Gasteiger partial charge in [-0.05, 0) is 36.8 Å². The summed E-state index contributed by atoms with van der Waals surface area (Å²) in [5.74, 6) is -2.33. The molecule has 0 atom stereocenters. The Kier molecular flexibility index (Phi) is 6.50. The number of amides is 1. The molecule has 0 spiro atoms. The lowest BCUT2D eigenvalue weighted by molar-refractivity contribution is -0.116. The highest BCUT2D eigenvalue weighted by Gasteiger charge is 2.28. The molecule has 0 aliphatic rings. The lowest BCUT2D eigenvalue weighted by atomic mass is 10.2. The van der Waals surface area contributed by atoms with E-state index in [0.29, 0.717) is 11.6 Å². The van der Waals surface area contributed by atoms with E-state index in [1.54, 1.807) is 19.9 Å². The third kappa shape index (κ3) is 4.81. The highest BCUT2D eigenvalue weighted by Crippen LogP contribution is 2.27. The first-order valence-corrected chi connectivity index (χ1v) is 9.52. The zero-order valence-corrected chi connectivity index (χ0v) is 15.9. The van der Waals surface area contributed by atoms with E-state index in [9.17, 15) is 22.0 Å². The number of rotatable bonds is 7. The number of nitrogens with zero attached hydrogens (tertiary/aromatic N) is 1. The van der Waals surface area contributed by atoms with Crippen LogP contribution in [-0.4, -0.2) is 38.8 Å². The van der Waals surface area contributed by atoms with E-state index >= 15 is 0 Å². The smallest absolute Gasteiger partial charge is 0.247 e. The minimum Gasteiger partial charge on any atom is -0.495 e. The summed E-state index contributed by atoms with van der Waals surface area (Å²) in [6.45, 7) is 2.79. The maximum absolute atomic E-state index is 13.7. The van der Waals surface area contributed by atoms with Gasteiger partial charge >= 0.3 is 0 Å². The van der Waals surface area contributed by atoms with Crippen LogP contribution in [0.3, 0.4) is 0 Å². The van der Waals surface area contributed by atoms with E-state index in [1.807, 2.05) is 0 Å². The molecule has 0 bridgehead atoms. The van der Waals surface area contributed by atoms with E-state index in [4.69, 9.17) is 4.74 Å². The van der Waals surface area contributed by atoms with Crippen LogP contribution in [-0.2, 0) is 14.8 Å². The summed E-state index contributed by atoms with van der Waals surface area (Å²) in [6, 6.07) is 7.37. The minimum atomic E-state index is -4.03. The third-order valence-electron chi connectivity index (χ3n) is 3.81. The zero-order chi connectivity index (χ0) is 20.2. The monoisotopic (exact) mass is 398 g/mol. The topological polar surface area (TPSA) is 75.7 Å². The lowest BCUT2D eigenvalue weighted by Gasteiger charge is -2.21. The van der Waals surface area contributed by atoms with Crippen molar-refractivity contribution in [3.05, 3.63) is 53.6 Å². The second-order valence-corrected chi connectivity index (χ2v) is 7.66. The molecule has 0 aliphatic carbocycles. The molecule has 9 heteroatoms. The molecule has 0 radical (unpaired) electrons. The fraction of sp³-hybridized carbons (Fsp3) is 0.278. The number of carbonyl (C=O) groups is 1. The Balaban J connectivity index is 2.25. The van der Waals surface area contributed by atoms with Gasteiger partial charge < -0.3 is 10.1 Å². The molecule has 0 aliphatic heterocycles. The fourth-order valence-corrected chi connectivity index (χ4v) is 4.08. The van der Waals surface area contributed by atoms with Crippen LogP contribution in [0, 0.1) is 18.6 Å². The lowest BCUT2D eigenvalue weighted by Crippen LogP contribution is -2.38. The van der Waals surface area contributed by atoms with Gasteiger partial charge in [0.2, 0.25) is 15.9 Å². The number of likely N-dealkylation sites (N-methyl/N-ethyl adjacent to an activating group) is 1. The number of halogens is 2. The predicted octanol–water partition coefficient (Wildman–Crippen LogP) is 2.93. The van der Waals surface area contributed by atoms with Gasteiger partial charge in [-0.25, -0.2) is 17.2 Å². The van der Waals surface area contributed by atoms with Crippen LogP contribution in [0.2, 0.25) is 0 Å². The van der Waals surface area contributed by atoms with Crippen molar-refractivity contribution in [1.82, 2.24) is 4.31 Å². The molecule has 0 heterocycles. The maximum atomic E-state index is 13.7. The van der Waals surface area contributed by atoms with E-state index in [-0.39, 0.29) is 22.9 Å². The molecule has 27 heavy (non-hydrogen) atoms. The van der Waals surface area contributed by atoms with Crippen LogP contribution in [0.15, 0.2) is 41.3 Å². The molecule has 0 unspecified atom stereocenters. The molecule has 6 nitrogen and oxygen atoms in total. The number of ether oxygens (including phenoxy) is 1. The molecule has 0 fully saturated rings. The van der Waals surface area contributed by atoms with Gasteiger partial charge in [0.1, 0.15) is 22.3 Å². The van der Waals surface area contributed by atoms with Crippen LogP contribution in [0.4, 0.5) is 14.5 Å². The Morgan fingerprint density at radius 2 is 1.89 bits per heavy atom. The minimum absolute atomic E-state index is 0.0126. The van der Waals surface area contributed by atoms with E-state index in [0.717, 1.165) is 16.4 Å². The van der Waals surface area contributed by atoms with Crippen molar-refractivity contribution in [2.75, 3.05) is 25.5 Å². The van der Waals surface area contributed by atoms with Crippen LogP contribution in [0.5, 0.6) is 5.75 Å². The summed E-state index contributed by atoms with van der Waals surface area (Å²) in [7, 11) is -2.68. The van der Waals surface area contributed by atoms with Gasteiger partial charge in [-0.15, -0.1) is 0 Å². The van der Waals surface area contributed by atoms with Crippen molar-refractivity contribution < 1.29 is 26.7 Å². The molecular formula is C18H20F2N2O4S. The van der Waals surface area contributed by atoms with Gasteiger partial charge in [-0.2, -0.15) is 4.31 Å². The Labute approximate surface area is 156 Å². The number of sulfonamides is 1. The summed E-state index contributed by atoms with van der Waals surface area (Å²) < 4.78 is 58.6. The molecule has 2 aromatic rings. The molecule has 2 rings (SSSR count). The summed E-state index contributed by atoms with van der Waals surface area (Å²) in [5.41, 5.74) is 0.478. The number of carbonyl (C=O) groups excluding carboxylic acids is 1. The molecule has 146 valence electrons. The van der Waals surface area contributed by atoms with Gasteiger partial charge in [0, 0.05) is 12.6 Å². The standard InChI is InChI=1S/C18H20F2N2O4S/c1-4-22(11-18(23)21-15-7-6-13(19)10-14(15)20)27(24,25)17-9-12(2)5-8-16(17)26-3/h5-10H,4,11H2,1-3H3,(H,21,23). The van der Waals surface area contributed by atoms with Gasteiger partial charge in [0.25, 0.3) is 0 Å². The highest BCUT2D eigenvalue weighted by atomic mass is 32.2. The van der Waals surface area contributed by atoms with Crippen molar-refractivity contribution in [3.63, 3.8) is 0 Å². The second kappa shape index (κ2) is 8.45. The second-order valence-electron chi connectivity index (χ2n) is 5.76. The van der Waals surface area contributed by atoms with Crippen LogP contribution >= 0.6 is 0 Å². The largest absolute Gasteiger partial charge is 0.495 e. The zero-order valence-electron chi connectivity index (χ0n) is 15.1. The summed E-state index contributed by atoms with van der Waals surface area (Å²) in [5, 5.41) is 2.25.